The molecule has 3 atom stereocenters. The number of nitrogens with one attached hydrogen (secondary N) is 1. The van der Waals surface area contributed by atoms with E-state index in [4.69, 9.17) is 0 Å². The van der Waals surface area contributed by atoms with Crippen LogP contribution in [0.2, 0.25) is 0 Å². The Balaban J connectivity index is 1.77. The third-order valence-electron chi connectivity index (χ3n) is 4.78. The number of rotatable bonds is 1. The molecular formula is C16H17N3. The summed E-state index contributed by atoms with van der Waals surface area (Å²) >= 11 is 0. The number of allylic oxidation sites excluding steroid dienone is 1. The van der Waals surface area contributed by atoms with Gasteiger partial charge in [0.2, 0.25) is 0 Å². The number of hydrogen-bond acceptors (Lipinski definition) is 3. The van der Waals surface area contributed by atoms with Crippen molar-refractivity contribution in [1.29, 1.82) is 0 Å². The predicted octanol–water partition coefficient (Wildman–Crippen LogP) is 2.44. The van der Waals surface area contributed by atoms with Crippen LogP contribution in [0.25, 0.3) is 6.08 Å². The summed E-state index contributed by atoms with van der Waals surface area (Å²) in [5, 5.41) is 3.67. The third-order valence-corrected chi connectivity index (χ3v) is 4.78. The Labute approximate surface area is 113 Å². The number of benzene rings is 1. The van der Waals surface area contributed by atoms with Crippen LogP contribution in [0, 0.1) is 0 Å². The molecule has 0 aromatic heterocycles. The van der Waals surface area contributed by atoms with Crippen LogP contribution in [-0.4, -0.2) is 23.1 Å². The smallest absolute Gasteiger partial charge is 0.124 e. The fourth-order valence-electron chi connectivity index (χ4n) is 3.87. The number of para-hydroxylation sites is 1. The lowest BCUT2D eigenvalue weighted by atomic mass is 9.93. The zero-order valence-corrected chi connectivity index (χ0v) is 11.2. The van der Waals surface area contributed by atoms with Gasteiger partial charge in [0.1, 0.15) is 6.17 Å². The molecule has 0 saturated carbocycles. The van der Waals surface area contributed by atoms with E-state index in [1.54, 1.807) is 0 Å². The van der Waals surface area contributed by atoms with Crippen molar-refractivity contribution in [3.05, 3.63) is 47.3 Å². The van der Waals surface area contributed by atoms with Crippen molar-refractivity contribution in [1.82, 2.24) is 10.2 Å². The summed E-state index contributed by atoms with van der Waals surface area (Å²) in [7, 11) is 0. The molecule has 19 heavy (non-hydrogen) atoms. The molecule has 3 nitrogen and oxygen atoms in total. The molecule has 0 radical (unpaired) electrons. The quantitative estimate of drug-likeness (QED) is 0.777. The minimum atomic E-state index is 0.457. The fraction of sp³-hybridized carbons (Fsp3) is 0.375. The van der Waals surface area contributed by atoms with Gasteiger partial charge in [0.25, 0.3) is 0 Å². The first-order chi connectivity index (χ1) is 9.25. The Hall–Kier alpha value is -1.74. The molecule has 0 bridgehead atoms. The highest BCUT2D eigenvalue weighted by Gasteiger charge is 2.56. The molecule has 96 valence electrons. The van der Waals surface area contributed by atoms with Crippen molar-refractivity contribution >= 4 is 11.8 Å². The molecule has 5 rings (SSSR count). The van der Waals surface area contributed by atoms with Gasteiger partial charge in [-0.25, -0.2) is 0 Å². The van der Waals surface area contributed by atoms with E-state index < -0.39 is 0 Å². The molecule has 1 aromatic rings. The van der Waals surface area contributed by atoms with Gasteiger partial charge in [-0.3, -0.25) is 0 Å². The van der Waals surface area contributed by atoms with E-state index in [1.807, 2.05) is 0 Å². The van der Waals surface area contributed by atoms with Crippen LogP contribution in [-0.2, 0) is 0 Å². The highest BCUT2D eigenvalue weighted by atomic mass is 15.5. The highest BCUT2D eigenvalue weighted by Crippen LogP contribution is 2.53. The largest absolute Gasteiger partial charge is 0.351 e. The highest BCUT2D eigenvalue weighted by molar-refractivity contribution is 5.82. The van der Waals surface area contributed by atoms with Crippen molar-refractivity contribution in [2.24, 2.45) is 0 Å². The molecule has 0 amide bonds. The van der Waals surface area contributed by atoms with E-state index in [9.17, 15) is 0 Å². The van der Waals surface area contributed by atoms with Crippen molar-refractivity contribution < 1.29 is 0 Å². The minimum absolute atomic E-state index is 0.457. The first-order valence-electron chi connectivity index (χ1n) is 7.11. The Bertz CT molecular complexity index is 643. The standard InChI is InChI=1S/C16H17N3/c1-9(2)18-8-11-7-6-10-4-3-5-12-13-14(17-13)16(18)19(11)15(10)12/h3-9,13-14,16-17H,1-2H3. The van der Waals surface area contributed by atoms with E-state index in [2.05, 4.69) is 65.5 Å². The van der Waals surface area contributed by atoms with Crippen LogP contribution < -0.4 is 10.2 Å². The molecule has 1 aromatic carbocycles. The van der Waals surface area contributed by atoms with Crippen LogP contribution in [0.1, 0.15) is 31.0 Å². The van der Waals surface area contributed by atoms with Gasteiger partial charge < -0.3 is 15.1 Å². The van der Waals surface area contributed by atoms with Gasteiger partial charge in [-0.1, -0.05) is 24.3 Å². The molecule has 3 heteroatoms. The van der Waals surface area contributed by atoms with Crippen molar-refractivity contribution in [2.45, 2.75) is 38.1 Å². The minimum Gasteiger partial charge on any atom is -0.351 e. The van der Waals surface area contributed by atoms with Gasteiger partial charge in [0.15, 0.2) is 0 Å². The van der Waals surface area contributed by atoms with Gasteiger partial charge >= 0.3 is 0 Å². The van der Waals surface area contributed by atoms with E-state index in [0.717, 1.165) is 0 Å². The van der Waals surface area contributed by atoms with E-state index in [0.29, 0.717) is 24.3 Å². The van der Waals surface area contributed by atoms with Gasteiger partial charge in [-0.15, -0.1) is 0 Å². The second-order valence-electron chi connectivity index (χ2n) is 6.17. The van der Waals surface area contributed by atoms with Gasteiger partial charge in [0.05, 0.1) is 23.5 Å². The molecule has 4 aliphatic heterocycles. The van der Waals surface area contributed by atoms with Crippen LogP contribution in [0.3, 0.4) is 0 Å². The Kier molecular flexibility index (Phi) is 1.62. The zero-order valence-electron chi connectivity index (χ0n) is 11.2. The monoisotopic (exact) mass is 251 g/mol. The lowest BCUT2D eigenvalue weighted by Crippen LogP contribution is -2.49. The van der Waals surface area contributed by atoms with Gasteiger partial charge in [0, 0.05) is 12.2 Å². The second kappa shape index (κ2) is 3.05. The number of nitrogens with zero attached hydrogens (tertiary/aromatic N) is 2. The van der Waals surface area contributed by atoms with Crippen LogP contribution in [0.15, 0.2) is 36.2 Å². The summed E-state index contributed by atoms with van der Waals surface area (Å²) in [5.74, 6) is 0. The average molecular weight is 251 g/mol. The number of fused-ring (bicyclic) bond motifs is 3. The number of anilines is 1. The Morgan fingerprint density at radius 2 is 2.11 bits per heavy atom. The van der Waals surface area contributed by atoms with Crippen molar-refractivity contribution in [2.75, 3.05) is 4.90 Å². The normalized spacial score (nSPS) is 32.4. The van der Waals surface area contributed by atoms with Crippen LogP contribution >= 0.6 is 0 Å². The summed E-state index contributed by atoms with van der Waals surface area (Å²) in [5.41, 5.74) is 5.60. The Morgan fingerprint density at radius 1 is 1.21 bits per heavy atom. The second-order valence-corrected chi connectivity index (χ2v) is 6.17. The molecule has 1 saturated heterocycles. The maximum Gasteiger partial charge on any atom is 0.124 e. The molecule has 4 heterocycles. The van der Waals surface area contributed by atoms with Crippen molar-refractivity contribution in [3.63, 3.8) is 0 Å². The summed E-state index contributed by atoms with van der Waals surface area (Å²) in [6, 6.07) is 8.35. The summed E-state index contributed by atoms with van der Waals surface area (Å²) in [4.78, 5) is 5.04. The topological polar surface area (TPSA) is 28.4 Å². The van der Waals surface area contributed by atoms with E-state index in [1.165, 1.54) is 22.5 Å². The molecule has 4 aliphatic rings. The van der Waals surface area contributed by atoms with Gasteiger partial charge in [-0.2, -0.15) is 0 Å². The zero-order chi connectivity index (χ0) is 12.7. The van der Waals surface area contributed by atoms with Crippen molar-refractivity contribution in [3.8, 4) is 0 Å². The lowest BCUT2D eigenvalue weighted by molar-refractivity contribution is 0.240. The maximum absolute atomic E-state index is 3.67. The Morgan fingerprint density at radius 3 is 2.95 bits per heavy atom. The molecular weight excluding hydrogens is 234 g/mol. The summed E-state index contributed by atoms with van der Waals surface area (Å²) < 4.78 is 0. The molecule has 0 spiro atoms. The van der Waals surface area contributed by atoms with E-state index in [-0.39, 0.29) is 0 Å². The first kappa shape index (κ1) is 10.1. The maximum atomic E-state index is 3.67. The molecule has 0 aliphatic carbocycles. The SMILES string of the molecule is CC(C)N1C=C2C=Cc3cccc4c3N2C1C1NC41. The summed E-state index contributed by atoms with van der Waals surface area (Å²) in [6.07, 6.45) is 7.29. The lowest BCUT2D eigenvalue weighted by Gasteiger charge is -2.40. The first-order valence-corrected chi connectivity index (χ1v) is 7.11. The third kappa shape index (κ3) is 1.08. The molecule has 1 N–H and O–H groups in total. The van der Waals surface area contributed by atoms with E-state index >= 15 is 0 Å². The van der Waals surface area contributed by atoms with Crippen LogP contribution in [0.5, 0.6) is 0 Å². The fourth-order valence-corrected chi connectivity index (χ4v) is 3.87. The average Bonchev–Trinajstić information content (AvgIpc) is 3.11. The summed E-state index contributed by atoms with van der Waals surface area (Å²) in [6.45, 7) is 4.55. The number of hydrogen-bond donors (Lipinski definition) is 1. The van der Waals surface area contributed by atoms with Crippen LogP contribution in [0.4, 0.5) is 5.69 Å². The predicted molar refractivity (Wildman–Crippen MR) is 76.5 cm³/mol. The van der Waals surface area contributed by atoms with Gasteiger partial charge in [-0.05, 0) is 31.1 Å². The molecule has 3 unspecified atom stereocenters. The molecule has 1 fully saturated rings.